The van der Waals surface area contributed by atoms with Crippen LogP contribution in [0.25, 0.3) is 0 Å². The number of para-hydroxylation sites is 1. The number of rotatable bonds is 6. The second-order valence-electron chi connectivity index (χ2n) is 7.10. The number of benzene rings is 2. The van der Waals surface area contributed by atoms with Crippen LogP contribution in [-0.2, 0) is 13.0 Å². The number of aryl methyl sites for hydroxylation is 1. The first-order valence-electron chi connectivity index (χ1n) is 9.32. The molecule has 0 saturated carbocycles. The third-order valence-corrected chi connectivity index (χ3v) is 5.19. The molecule has 2 unspecified atom stereocenters. The van der Waals surface area contributed by atoms with Gasteiger partial charge in [-0.05, 0) is 43.5 Å². The number of aliphatic hydroxyl groups is 1. The molecule has 1 N–H and O–H groups in total. The number of hydrogen-bond donors (Lipinski definition) is 1. The van der Waals surface area contributed by atoms with E-state index in [-0.39, 0.29) is 12.0 Å². The first-order chi connectivity index (χ1) is 12.2. The minimum absolute atomic E-state index is 0.215. The van der Waals surface area contributed by atoms with Crippen molar-refractivity contribution in [2.75, 3.05) is 19.6 Å². The quantitative estimate of drug-likeness (QED) is 0.868. The Hall–Kier alpha value is -1.84. The van der Waals surface area contributed by atoms with E-state index in [2.05, 4.69) is 55.1 Å². The van der Waals surface area contributed by atoms with Crippen LogP contribution in [0.3, 0.4) is 0 Å². The Morgan fingerprint density at radius 2 is 1.88 bits per heavy atom. The molecule has 0 aromatic heterocycles. The lowest BCUT2D eigenvalue weighted by atomic mass is 9.88. The summed E-state index contributed by atoms with van der Waals surface area (Å²) in [7, 11) is 0. The first kappa shape index (κ1) is 18.0. The molecule has 134 valence electrons. The van der Waals surface area contributed by atoms with Crippen LogP contribution in [0.15, 0.2) is 48.5 Å². The lowest BCUT2D eigenvalue weighted by Crippen LogP contribution is -2.43. The van der Waals surface area contributed by atoms with Gasteiger partial charge < -0.3 is 14.7 Å². The zero-order chi connectivity index (χ0) is 17.6. The molecule has 3 nitrogen and oxygen atoms in total. The predicted octanol–water partition coefficient (Wildman–Crippen LogP) is 3.82. The van der Waals surface area contributed by atoms with E-state index >= 15 is 0 Å². The van der Waals surface area contributed by atoms with Crippen LogP contribution in [0, 0.1) is 12.8 Å². The van der Waals surface area contributed by atoms with E-state index in [1.54, 1.807) is 0 Å². The highest BCUT2D eigenvalue weighted by atomic mass is 16.5. The average molecular weight is 339 g/mol. The fourth-order valence-corrected chi connectivity index (χ4v) is 3.52. The van der Waals surface area contributed by atoms with Crippen molar-refractivity contribution in [1.82, 2.24) is 4.90 Å². The zero-order valence-electron chi connectivity index (χ0n) is 15.3. The Labute approximate surface area is 151 Å². The molecule has 0 spiro atoms. The van der Waals surface area contributed by atoms with Crippen LogP contribution in [-0.4, -0.2) is 35.7 Å². The summed E-state index contributed by atoms with van der Waals surface area (Å²) in [5.41, 5.74) is 3.63. The normalized spacial score (nSPS) is 21.2. The molecule has 1 heterocycles. The smallest absolute Gasteiger partial charge is 0.123 e. The minimum atomic E-state index is -0.215. The van der Waals surface area contributed by atoms with Crippen molar-refractivity contribution in [3.05, 3.63) is 65.2 Å². The molecular weight excluding hydrogens is 310 g/mol. The van der Waals surface area contributed by atoms with Gasteiger partial charge >= 0.3 is 0 Å². The number of ether oxygens (including phenoxy) is 1. The summed E-state index contributed by atoms with van der Waals surface area (Å²) in [4.78, 5) is 2.42. The fraction of sp³-hybridized carbons (Fsp3) is 0.455. The van der Waals surface area contributed by atoms with E-state index in [1.807, 2.05) is 12.1 Å². The van der Waals surface area contributed by atoms with Gasteiger partial charge in [0, 0.05) is 19.0 Å². The van der Waals surface area contributed by atoms with Crippen molar-refractivity contribution < 1.29 is 9.84 Å². The van der Waals surface area contributed by atoms with Gasteiger partial charge in [0.05, 0.1) is 6.10 Å². The van der Waals surface area contributed by atoms with E-state index in [4.69, 9.17) is 4.74 Å². The second-order valence-corrected chi connectivity index (χ2v) is 7.10. The van der Waals surface area contributed by atoms with Crippen LogP contribution >= 0.6 is 0 Å². The highest BCUT2D eigenvalue weighted by Gasteiger charge is 2.27. The van der Waals surface area contributed by atoms with Crippen LogP contribution in [0.2, 0.25) is 0 Å². The van der Waals surface area contributed by atoms with Crippen molar-refractivity contribution in [2.24, 2.45) is 5.92 Å². The summed E-state index contributed by atoms with van der Waals surface area (Å²) in [6.45, 7) is 7.87. The molecule has 0 amide bonds. The van der Waals surface area contributed by atoms with Crippen LogP contribution in [0.5, 0.6) is 5.75 Å². The maximum Gasteiger partial charge on any atom is 0.123 e. The minimum Gasteiger partial charge on any atom is -0.489 e. The molecule has 0 radical (unpaired) electrons. The molecule has 1 aliphatic rings. The maximum absolute atomic E-state index is 10.4. The van der Waals surface area contributed by atoms with Crippen molar-refractivity contribution in [3.63, 3.8) is 0 Å². The predicted molar refractivity (Wildman–Crippen MR) is 102 cm³/mol. The second kappa shape index (κ2) is 8.50. The standard InChI is InChI=1S/C22H29NO2/c1-3-23-13-12-21(24)20(15-23)14-19-6-4-5-7-22(19)25-16-18-10-8-17(2)9-11-18/h4-11,20-21,24H,3,12-16H2,1-2H3. The molecule has 25 heavy (non-hydrogen) atoms. The Balaban J connectivity index is 1.66. The Kier molecular flexibility index (Phi) is 6.11. The highest BCUT2D eigenvalue weighted by Crippen LogP contribution is 2.27. The SMILES string of the molecule is CCN1CCC(O)C(Cc2ccccc2OCc2ccc(C)cc2)C1. The number of aliphatic hydroxyl groups excluding tert-OH is 1. The number of hydrogen-bond acceptors (Lipinski definition) is 3. The fourth-order valence-electron chi connectivity index (χ4n) is 3.52. The number of piperidine rings is 1. The van der Waals surface area contributed by atoms with Crippen molar-refractivity contribution in [1.29, 1.82) is 0 Å². The molecule has 1 fully saturated rings. The molecule has 0 aliphatic carbocycles. The lowest BCUT2D eigenvalue weighted by molar-refractivity contribution is 0.0287. The summed E-state index contributed by atoms with van der Waals surface area (Å²) in [5, 5.41) is 10.4. The van der Waals surface area contributed by atoms with Crippen molar-refractivity contribution >= 4 is 0 Å². The monoisotopic (exact) mass is 339 g/mol. The van der Waals surface area contributed by atoms with Gasteiger partial charge in [0.2, 0.25) is 0 Å². The van der Waals surface area contributed by atoms with Gasteiger partial charge in [0.25, 0.3) is 0 Å². The Morgan fingerprint density at radius 3 is 2.64 bits per heavy atom. The van der Waals surface area contributed by atoms with Crippen molar-refractivity contribution in [2.45, 2.75) is 39.4 Å². The molecule has 1 saturated heterocycles. The lowest BCUT2D eigenvalue weighted by Gasteiger charge is -2.35. The largest absolute Gasteiger partial charge is 0.489 e. The van der Waals surface area contributed by atoms with E-state index < -0.39 is 0 Å². The zero-order valence-corrected chi connectivity index (χ0v) is 15.3. The van der Waals surface area contributed by atoms with Gasteiger partial charge in [0.1, 0.15) is 12.4 Å². The molecule has 2 atom stereocenters. The third-order valence-electron chi connectivity index (χ3n) is 5.19. The van der Waals surface area contributed by atoms with Crippen LogP contribution in [0.1, 0.15) is 30.0 Å². The van der Waals surface area contributed by atoms with E-state index in [1.165, 1.54) is 16.7 Å². The molecule has 3 heteroatoms. The number of likely N-dealkylation sites (tertiary alicyclic amines) is 1. The average Bonchev–Trinajstić information content (AvgIpc) is 2.64. The topological polar surface area (TPSA) is 32.7 Å². The summed E-state index contributed by atoms with van der Waals surface area (Å²) in [5.74, 6) is 1.21. The number of nitrogens with zero attached hydrogens (tertiary/aromatic N) is 1. The van der Waals surface area contributed by atoms with Gasteiger partial charge in [-0.2, -0.15) is 0 Å². The molecule has 0 bridgehead atoms. The Bertz CT molecular complexity index is 668. The van der Waals surface area contributed by atoms with Gasteiger partial charge in [-0.25, -0.2) is 0 Å². The van der Waals surface area contributed by atoms with Gasteiger partial charge in [-0.1, -0.05) is 55.0 Å². The molecule has 2 aromatic rings. The highest BCUT2D eigenvalue weighted by molar-refractivity contribution is 5.34. The molecule has 2 aromatic carbocycles. The first-order valence-corrected chi connectivity index (χ1v) is 9.32. The van der Waals surface area contributed by atoms with Gasteiger partial charge in [0.15, 0.2) is 0 Å². The van der Waals surface area contributed by atoms with Crippen molar-refractivity contribution in [3.8, 4) is 5.75 Å². The van der Waals surface area contributed by atoms with Gasteiger partial charge in [-0.15, -0.1) is 0 Å². The van der Waals surface area contributed by atoms with E-state index in [0.29, 0.717) is 6.61 Å². The summed E-state index contributed by atoms with van der Waals surface area (Å²) < 4.78 is 6.10. The summed E-state index contributed by atoms with van der Waals surface area (Å²) in [6, 6.07) is 16.7. The third kappa shape index (κ3) is 4.83. The summed E-state index contributed by atoms with van der Waals surface area (Å²) in [6.07, 6.45) is 1.51. The maximum atomic E-state index is 10.4. The van der Waals surface area contributed by atoms with Gasteiger partial charge in [-0.3, -0.25) is 0 Å². The van der Waals surface area contributed by atoms with E-state index in [0.717, 1.165) is 38.2 Å². The summed E-state index contributed by atoms with van der Waals surface area (Å²) >= 11 is 0. The van der Waals surface area contributed by atoms with Crippen LogP contribution < -0.4 is 4.74 Å². The molecule has 3 rings (SSSR count). The van der Waals surface area contributed by atoms with E-state index in [9.17, 15) is 5.11 Å². The molecule has 1 aliphatic heterocycles. The molecular formula is C22H29NO2. The van der Waals surface area contributed by atoms with Crippen LogP contribution in [0.4, 0.5) is 0 Å². The Morgan fingerprint density at radius 1 is 1.12 bits per heavy atom.